The maximum Gasteiger partial charge on any atom is 0.351 e. The molecule has 2 unspecified atom stereocenters. The van der Waals surface area contributed by atoms with E-state index in [1.807, 2.05) is 61.5 Å². The van der Waals surface area contributed by atoms with E-state index in [1.165, 1.54) is 6.92 Å². The van der Waals surface area contributed by atoms with Crippen molar-refractivity contribution in [2.75, 3.05) is 13.2 Å². The number of benzene rings is 3. The quantitative estimate of drug-likeness (QED) is 0.535. The van der Waals surface area contributed by atoms with E-state index >= 15 is 0 Å². The molecule has 32 heavy (non-hydrogen) atoms. The van der Waals surface area contributed by atoms with Crippen LogP contribution in [0.15, 0.2) is 72.8 Å². The summed E-state index contributed by atoms with van der Waals surface area (Å²) in [5.74, 6) is 2.52. The number of hydrogen-bond acceptors (Lipinski definition) is 6. The minimum atomic E-state index is -1.40. The molecule has 1 aliphatic heterocycles. The van der Waals surface area contributed by atoms with Crippen LogP contribution in [0.5, 0.6) is 34.5 Å². The Morgan fingerprint density at radius 2 is 1.62 bits per heavy atom. The summed E-state index contributed by atoms with van der Waals surface area (Å²) < 4.78 is 28.6. The summed E-state index contributed by atoms with van der Waals surface area (Å²) in [7, 11) is 0. The van der Waals surface area contributed by atoms with Crippen molar-refractivity contribution < 1.29 is 33.6 Å². The zero-order valence-electron chi connectivity index (χ0n) is 17.8. The lowest BCUT2D eigenvalue weighted by Gasteiger charge is -2.32. The highest BCUT2D eigenvalue weighted by Gasteiger charge is 2.40. The van der Waals surface area contributed by atoms with E-state index in [-0.39, 0.29) is 12.7 Å². The molecule has 1 heterocycles. The van der Waals surface area contributed by atoms with E-state index in [0.717, 1.165) is 11.5 Å². The summed E-state index contributed by atoms with van der Waals surface area (Å²) in [6.45, 7) is 3.61. The van der Waals surface area contributed by atoms with Gasteiger partial charge in [0.15, 0.2) is 11.5 Å². The zero-order chi connectivity index (χ0) is 22.6. The molecule has 7 nitrogen and oxygen atoms in total. The van der Waals surface area contributed by atoms with Crippen LogP contribution >= 0.6 is 0 Å². The molecule has 4 rings (SSSR count). The third-order valence-corrected chi connectivity index (χ3v) is 4.83. The van der Waals surface area contributed by atoms with Gasteiger partial charge in [-0.05, 0) is 62.4 Å². The van der Waals surface area contributed by atoms with Crippen LogP contribution in [0.3, 0.4) is 0 Å². The van der Waals surface area contributed by atoms with Crippen molar-refractivity contribution in [1.29, 1.82) is 0 Å². The predicted octanol–water partition coefficient (Wildman–Crippen LogP) is 4.94. The molecule has 0 spiro atoms. The monoisotopic (exact) mass is 436 g/mol. The molecule has 3 aromatic rings. The number of ether oxygens (including phenoxy) is 5. The second-order valence-corrected chi connectivity index (χ2v) is 7.66. The topological polar surface area (TPSA) is 83.5 Å². The van der Waals surface area contributed by atoms with Gasteiger partial charge in [-0.1, -0.05) is 18.2 Å². The average molecular weight is 436 g/mol. The van der Waals surface area contributed by atoms with Gasteiger partial charge in [-0.15, -0.1) is 0 Å². The number of fused-ring (bicyclic) bond motifs is 1. The molecule has 2 atom stereocenters. The lowest BCUT2D eigenvalue weighted by atomic mass is 10.1. The Kier molecular flexibility index (Phi) is 6.07. The number of carboxylic acid groups (broad SMARTS) is 1. The SMILES string of the molecule is CC(COc1ccc2c(c1)OCC(C)(C(=O)O)O2)Oc1ccc(Oc2ccccc2)cc1. The van der Waals surface area contributed by atoms with E-state index in [0.29, 0.717) is 29.6 Å². The van der Waals surface area contributed by atoms with Crippen LogP contribution in [0.1, 0.15) is 13.8 Å². The van der Waals surface area contributed by atoms with Gasteiger partial charge >= 0.3 is 5.97 Å². The minimum absolute atomic E-state index is 0.0811. The van der Waals surface area contributed by atoms with Crippen LogP contribution in [0.4, 0.5) is 0 Å². The van der Waals surface area contributed by atoms with Crippen LogP contribution in [-0.2, 0) is 4.79 Å². The highest BCUT2D eigenvalue weighted by Crippen LogP contribution is 2.38. The molecule has 7 heteroatoms. The molecule has 0 saturated heterocycles. The number of rotatable bonds is 8. The van der Waals surface area contributed by atoms with Crippen molar-refractivity contribution in [3.05, 3.63) is 72.8 Å². The lowest BCUT2D eigenvalue weighted by Crippen LogP contribution is -2.49. The molecular formula is C25H24O7. The molecule has 166 valence electrons. The normalized spacial score (nSPS) is 17.8. The lowest BCUT2D eigenvalue weighted by molar-refractivity contribution is -0.158. The predicted molar refractivity (Wildman–Crippen MR) is 117 cm³/mol. The highest BCUT2D eigenvalue weighted by molar-refractivity contribution is 5.78. The highest BCUT2D eigenvalue weighted by atomic mass is 16.6. The fourth-order valence-electron chi connectivity index (χ4n) is 3.06. The van der Waals surface area contributed by atoms with Crippen LogP contribution in [0, 0.1) is 0 Å². The second-order valence-electron chi connectivity index (χ2n) is 7.66. The zero-order valence-corrected chi connectivity index (χ0v) is 17.8. The van der Waals surface area contributed by atoms with Crippen LogP contribution in [0.2, 0.25) is 0 Å². The van der Waals surface area contributed by atoms with Gasteiger partial charge in [-0.25, -0.2) is 4.79 Å². The van der Waals surface area contributed by atoms with E-state index < -0.39 is 11.6 Å². The maximum absolute atomic E-state index is 11.3. The van der Waals surface area contributed by atoms with Gasteiger partial charge in [0.1, 0.15) is 42.3 Å². The Hall–Kier alpha value is -3.87. The Bertz CT molecular complexity index is 1070. The Labute approximate surface area is 186 Å². The molecular weight excluding hydrogens is 412 g/mol. The van der Waals surface area contributed by atoms with Gasteiger partial charge in [0, 0.05) is 6.07 Å². The molecule has 0 fully saturated rings. The number of para-hydroxylation sites is 1. The fourth-order valence-corrected chi connectivity index (χ4v) is 3.06. The molecule has 0 aromatic heterocycles. The molecule has 3 aromatic carbocycles. The molecule has 0 saturated carbocycles. The van der Waals surface area contributed by atoms with E-state index in [1.54, 1.807) is 18.2 Å². The number of carboxylic acids is 1. The molecule has 1 N–H and O–H groups in total. The summed E-state index contributed by atoms with van der Waals surface area (Å²) in [6.07, 6.45) is -0.209. The summed E-state index contributed by atoms with van der Waals surface area (Å²) in [6, 6.07) is 22.0. The van der Waals surface area contributed by atoms with E-state index in [4.69, 9.17) is 23.7 Å². The molecule has 0 aliphatic carbocycles. The maximum atomic E-state index is 11.3. The van der Waals surface area contributed by atoms with Crippen LogP contribution in [-0.4, -0.2) is 36.0 Å². The van der Waals surface area contributed by atoms with Crippen molar-refractivity contribution in [3.63, 3.8) is 0 Å². The molecule has 0 radical (unpaired) electrons. The van der Waals surface area contributed by atoms with E-state index in [2.05, 4.69) is 0 Å². The fraction of sp³-hybridized carbons (Fsp3) is 0.240. The largest absolute Gasteiger partial charge is 0.490 e. The molecule has 0 amide bonds. The van der Waals surface area contributed by atoms with Gasteiger partial charge in [0.25, 0.3) is 0 Å². The summed E-state index contributed by atoms with van der Waals surface area (Å²) >= 11 is 0. The summed E-state index contributed by atoms with van der Waals surface area (Å²) in [4.78, 5) is 11.3. The molecule has 1 aliphatic rings. The van der Waals surface area contributed by atoms with Gasteiger partial charge in [0.2, 0.25) is 5.60 Å². The number of aliphatic carboxylic acids is 1. The van der Waals surface area contributed by atoms with Crippen molar-refractivity contribution >= 4 is 5.97 Å². The third kappa shape index (κ3) is 5.06. The average Bonchev–Trinajstić information content (AvgIpc) is 2.79. The minimum Gasteiger partial charge on any atom is -0.490 e. The van der Waals surface area contributed by atoms with Gasteiger partial charge in [-0.3, -0.25) is 0 Å². The van der Waals surface area contributed by atoms with Crippen molar-refractivity contribution in [3.8, 4) is 34.5 Å². The first-order valence-electron chi connectivity index (χ1n) is 10.2. The van der Waals surface area contributed by atoms with Gasteiger partial charge in [0.05, 0.1) is 0 Å². The Balaban J connectivity index is 1.29. The first-order chi connectivity index (χ1) is 15.4. The van der Waals surface area contributed by atoms with Crippen LogP contribution < -0.4 is 23.7 Å². The number of hydrogen-bond donors (Lipinski definition) is 1. The second kappa shape index (κ2) is 9.09. The van der Waals surface area contributed by atoms with Crippen molar-refractivity contribution in [1.82, 2.24) is 0 Å². The van der Waals surface area contributed by atoms with E-state index in [9.17, 15) is 9.90 Å². The van der Waals surface area contributed by atoms with Gasteiger partial charge in [-0.2, -0.15) is 0 Å². The standard InChI is InChI=1S/C25H24O7/c1-17(30-19-8-10-20(11-9-19)31-18-6-4-3-5-7-18)15-28-21-12-13-22-23(14-21)29-16-25(2,32-22)24(26)27/h3-14,17H,15-16H2,1-2H3,(H,26,27). The van der Waals surface area contributed by atoms with Gasteiger partial charge < -0.3 is 28.8 Å². The third-order valence-electron chi connectivity index (χ3n) is 4.83. The Morgan fingerprint density at radius 3 is 2.34 bits per heavy atom. The number of carbonyl (C=O) groups is 1. The van der Waals surface area contributed by atoms with Crippen LogP contribution in [0.25, 0.3) is 0 Å². The molecule has 0 bridgehead atoms. The summed E-state index contributed by atoms with van der Waals surface area (Å²) in [5, 5.41) is 9.28. The first kappa shape index (κ1) is 21.4. The Morgan fingerprint density at radius 1 is 0.969 bits per heavy atom. The summed E-state index contributed by atoms with van der Waals surface area (Å²) in [5.41, 5.74) is -1.40. The van der Waals surface area contributed by atoms with Crippen molar-refractivity contribution in [2.45, 2.75) is 25.6 Å². The van der Waals surface area contributed by atoms with Crippen molar-refractivity contribution in [2.24, 2.45) is 0 Å². The smallest absolute Gasteiger partial charge is 0.351 e. The first-order valence-corrected chi connectivity index (χ1v) is 10.2.